The molecule has 0 bridgehead atoms. The lowest BCUT2D eigenvalue weighted by atomic mass is 9.99. The molecule has 1 aromatic heterocycles. The van der Waals surface area contributed by atoms with Crippen molar-refractivity contribution in [3.05, 3.63) is 10.6 Å². The Hall–Kier alpha value is -1.47. The van der Waals surface area contributed by atoms with E-state index >= 15 is 0 Å². The first-order chi connectivity index (χ1) is 11.1. The first-order valence-corrected chi connectivity index (χ1v) is 9.17. The molecule has 2 amide bonds. The number of aryl methyl sites for hydroxylation is 1. The summed E-state index contributed by atoms with van der Waals surface area (Å²) in [7, 11) is 0. The van der Waals surface area contributed by atoms with E-state index in [2.05, 4.69) is 15.6 Å². The maximum Gasteiger partial charge on any atom is 0.266 e. The van der Waals surface area contributed by atoms with Crippen molar-refractivity contribution in [2.24, 2.45) is 0 Å². The number of nitrogens with zero attached hydrogens (tertiary/aromatic N) is 2. The molecule has 0 aliphatic carbocycles. The molecular formula is C16H24N4O2S. The third-order valence-electron chi connectivity index (χ3n) is 4.66. The zero-order valence-electron chi connectivity index (χ0n) is 13.7. The molecule has 23 heavy (non-hydrogen) atoms. The van der Waals surface area contributed by atoms with Gasteiger partial charge in [0.15, 0.2) is 5.13 Å². The highest BCUT2D eigenvalue weighted by molar-refractivity contribution is 7.17. The molecule has 2 fully saturated rings. The summed E-state index contributed by atoms with van der Waals surface area (Å²) < 4.78 is 0. The van der Waals surface area contributed by atoms with Crippen LogP contribution in [0, 0.1) is 6.92 Å². The smallest absolute Gasteiger partial charge is 0.266 e. The Morgan fingerprint density at radius 2 is 2.13 bits per heavy atom. The second-order valence-corrected chi connectivity index (χ2v) is 7.38. The van der Waals surface area contributed by atoms with E-state index in [1.807, 2.05) is 11.8 Å². The second kappa shape index (κ2) is 6.97. The predicted molar refractivity (Wildman–Crippen MR) is 90.9 cm³/mol. The molecule has 2 saturated heterocycles. The Balaban J connectivity index is 1.77. The van der Waals surface area contributed by atoms with E-state index in [1.165, 1.54) is 37.5 Å². The van der Waals surface area contributed by atoms with Gasteiger partial charge in [-0.05, 0) is 32.7 Å². The van der Waals surface area contributed by atoms with Gasteiger partial charge in [-0.2, -0.15) is 0 Å². The predicted octanol–water partition coefficient (Wildman–Crippen LogP) is 2.16. The molecule has 2 aliphatic heterocycles. The summed E-state index contributed by atoms with van der Waals surface area (Å²) in [5.74, 6) is -0.102. The number of amides is 2. The van der Waals surface area contributed by atoms with Crippen molar-refractivity contribution < 1.29 is 9.59 Å². The van der Waals surface area contributed by atoms with E-state index in [-0.39, 0.29) is 17.9 Å². The summed E-state index contributed by atoms with van der Waals surface area (Å²) >= 11 is 1.28. The number of carbonyl (C=O) groups excluding carboxylic acids is 2. The van der Waals surface area contributed by atoms with Crippen molar-refractivity contribution in [1.82, 2.24) is 15.2 Å². The molecule has 3 heterocycles. The molecule has 1 aromatic rings. The molecule has 7 heteroatoms. The van der Waals surface area contributed by atoms with Gasteiger partial charge in [-0.15, -0.1) is 0 Å². The molecule has 0 radical (unpaired) electrons. The molecule has 3 rings (SSSR count). The van der Waals surface area contributed by atoms with Crippen LogP contribution >= 0.6 is 11.3 Å². The molecule has 2 N–H and O–H groups in total. The number of nitrogens with one attached hydrogen (secondary N) is 2. The maximum absolute atomic E-state index is 13.0. The van der Waals surface area contributed by atoms with Gasteiger partial charge in [0, 0.05) is 25.6 Å². The normalized spacial score (nSPS) is 24.7. The fraction of sp³-hybridized carbons (Fsp3) is 0.688. The van der Waals surface area contributed by atoms with Crippen LogP contribution in [0.25, 0.3) is 0 Å². The van der Waals surface area contributed by atoms with Crippen LogP contribution in [0.4, 0.5) is 5.13 Å². The van der Waals surface area contributed by atoms with Crippen LogP contribution in [-0.4, -0.2) is 46.9 Å². The van der Waals surface area contributed by atoms with Crippen LogP contribution < -0.4 is 10.6 Å². The lowest BCUT2D eigenvalue weighted by Gasteiger charge is -2.30. The van der Waals surface area contributed by atoms with Crippen LogP contribution in [-0.2, 0) is 4.79 Å². The monoisotopic (exact) mass is 336 g/mol. The number of rotatable bonds is 2. The van der Waals surface area contributed by atoms with Gasteiger partial charge in [-0.3, -0.25) is 9.59 Å². The topological polar surface area (TPSA) is 74.3 Å². The summed E-state index contributed by atoms with van der Waals surface area (Å²) in [5.41, 5.74) is 0.700. The summed E-state index contributed by atoms with van der Waals surface area (Å²) in [4.78, 5) is 31.1. The lowest BCUT2D eigenvalue weighted by Crippen LogP contribution is -2.45. The summed E-state index contributed by atoms with van der Waals surface area (Å²) in [6.07, 6.45) is 5.73. The Morgan fingerprint density at radius 3 is 2.91 bits per heavy atom. The first kappa shape index (κ1) is 16.4. The van der Waals surface area contributed by atoms with Crippen molar-refractivity contribution in [2.45, 2.75) is 58.0 Å². The highest BCUT2D eigenvalue weighted by Gasteiger charge is 2.38. The number of hydrogen-bond donors (Lipinski definition) is 2. The van der Waals surface area contributed by atoms with Gasteiger partial charge in [0.1, 0.15) is 4.88 Å². The zero-order chi connectivity index (χ0) is 16.4. The molecule has 0 spiro atoms. The van der Waals surface area contributed by atoms with Gasteiger partial charge in [0.25, 0.3) is 5.91 Å². The van der Waals surface area contributed by atoms with E-state index in [0.717, 1.165) is 25.9 Å². The molecule has 6 nitrogen and oxygen atoms in total. The Kier molecular flexibility index (Phi) is 4.96. The van der Waals surface area contributed by atoms with Gasteiger partial charge < -0.3 is 15.5 Å². The number of carbonyl (C=O) groups is 2. The van der Waals surface area contributed by atoms with E-state index in [0.29, 0.717) is 21.7 Å². The summed E-state index contributed by atoms with van der Waals surface area (Å²) in [5, 5.41) is 6.78. The van der Waals surface area contributed by atoms with Gasteiger partial charge in [0.2, 0.25) is 5.91 Å². The minimum absolute atomic E-state index is 0.0616. The first-order valence-electron chi connectivity index (χ1n) is 8.35. The molecular weight excluding hydrogens is 312 g/mol. The fourth-order valence-corrected chi connectivity index (χ4v) is 4.54. The van der Waals surface area contributed by atoms with Crippen LogP contribution in [0.5, 0.6) is 0 Å². The lowest BCUT2D eigenvalue weighted by molar-refractivity contribution is -0.114. The molecule has 0 aromatic carbocycles. The van der Waals surface area contributed by atoms with Crippen molar-refractivity contribution in [3.63, 3.8) is 0 Å². The minimum Gasteiger partial charge on any atom is -0.333 e. The van der Waals surface area contributed by atoms with E-state index < -0.39 is 0 Å². The minimum atomic E-state index is -0.164. The van der Waals surface area contributed by atoms with E-state index in [9.17, 15) is 9.59 Å². The number of thiazole rings is 1. The van der Waals surface area contributed by atoms with Gasteiger partial charge >= 0.3 is 0 Å². The zero-order valence-corrected chi connectivity index (χ0v) is 14.5. The van der Waals surface area contributed by atoms with Crippen molar-refractivity contribution >= 4 is 28.3 Å². The van der Waals surface area contributed by atoms with Crippen molar-refractivity contribution in [3.8, 4) is 0 Å². The molecule has 0 unspecified atom stereocenters. The Morgan fingerprint density at radius 1 is 1.30 bits per heavy atom. The van der Waals surface area contributed by atoms with Gasteiger partial charge in [-0.25, -0.2) is 4.98 Å². The highest BCUT2D eigenvalue weighted by Crippen LogP contribution is 2.30. The Bertz CT molecular complexity index is 601. The number of aromatic nitrogens is 1. The number of anilines is 1. The molecule has 2 aliphatic rings. The van der Waals surface area contributed by atoms with E-state index in [4.69, 9.17) is 0 Å². The summed E-state index contributed by atoms with van der Waals surface area (Å²) in [6, 6.07) is 0.704. The largest absolute Gasteiger partial charge is 0.333 e. The third kappa shape index (κ3) is 3.55. The maximum atomic E-state index is 13.0. The quantitative estimate of drug-likeness (QED) is 0.868. The van der Waals surface area contributed by atoms with Crippen LogP contribution in [0.15, 0.2) is 0 Å². The standard InChI is InChI=1S/C16H24N4O2S/c1-10-14(23-16(18-10)19-11(2)21)15(22)20-9-7-12-13(20)6-4-3-5-8-17-12/h12-13,17H,3-9H2,1-2H3,(H,18,19,21)/t12-,13-/m1/s1. The molecule has 2 atom stereocenters. The Labute approximate surface area is 140 Å². The number of fused-ring (bicyclic) bond motifs is 1. The van der Waals surface area contributed by atoms with Gasteiger partial charge in [-0.1, -0.05) is 24.2 Å². The fourth-order valence-electron chi connectivity index (χ4n) is 3.57. The van der Waals surface area contributed by atoms with Crippen LogP contribution in [0.3, 0.4) is 0 Å². The van der Waals surface area contributed by atoms with E-state index in [1.54, 1.807) is 0 Å². The van der Waals surface area contributed by atoms with Crippen molar-refractivity contribution in [1.29, 1.82) is 0 Å². The van der Waals surface area contributed by atoms with Crippen LogP contribution in [0.1, 0.15) is 54.4 Å². The highest BCUT2D eigenvalue weighted by atomic mass is 32.1. The van der Waals surface area contributed by atoms with Crippen molar-refractivity contribution in [2.75, 3.05) is 18.4 Å². The SMILES string of the molecule is CC(=O)Nc1nc(C)c(C(=O)N2CC[C@H]3NCCCCC[C@H]32)s1. The van der Waals surface area contributed by atoms with Gasteiger partial charge in [0.05, 0.1) is 5.69 Å². The van der Waals surface area contributed by atoms with Crippen LogP contribution in [0.2, 0.25) is 0 Å². The number of likely N-dealkylation sites (tertiary alicyclic amines) is 1. The molecule has 0 saturated carbocycles. The number of hydrogen-bond acceptors (Lipinski definition) is 5. The second-order valence-electron chi connectivity index (χ2n) is 6.38. The average Bonchev–Trinajstić information content (AvgIpc) is 3.01. The summed E-state index contributed by atoms with van der Waals surface area (Å²) in [6.45, 7) is 5.13. The third-order valence-corrected chi connectivity index (χ3v) is 5.72. The average molecular weight is 336 g/mol. The molecule has 126 valence electrons.